The Morgan fingerprint density at radius 2 is 1.78 bits per heavy atom. The normalized spacial score (nSPS) is 11.3. The molecule has 0 radical (unpaired) electrons. The molecule has 2 aromatic rings. The van der Waals surface area contributed by atoms with Gasteiger partial charge in [-0.3, -0.25) is 9.59 Å². The molecule has 0 aliphatic heterocycles. The average Bonchev–Trinajstić information content (AvgIpc) is 2.75. The van der Waals surface area contributed by atoms with Crippen molar-refractivity contribution in [1.29, 1.82) is 0 Å². The number of alkyl halides is 3. The van der Waals surface area contributed by atoms with Crippen molar-refractivity contribution in [2.24, 2.45) is 0 Å². The van der Waals surface area contributed by atoms with E-state index < -0.39 is 41.3 Å². The van der Waals surface area contributed by atoms with Gasteiger partial charge in [0, 0.05) is 23.9 Å². The molecule has 0 saturated carbocycles. The Morgan fingerprint density at radius 3 is 2.39 bits per heavy atom. The minimum atomic E-state index is -4.78. The van der Waals surface area contributed by atoms with Crippen LogP contribution in [-0.4, -0.2) is 35.7 Å². The third-order valence-corrected chi connectivity index (χ3v) is 4.18. The number of carbonyl (C=O) groups is 3. The molecule has 2 N–H and O–H groups in total. The molecule has 12 heteroatoms. The zero-order chi connectivity index (χ0) is 27.1. The van der Waals surface area contributed by atoms with Crippen LogP contribution in [0.15, 0.2) is 48.7 Å². The lowest BCUT2D eigenvalue weighted by Crippen LogP contribution is -2.32. The van der Waals surface area contributed by atoms with E-state index in [9.17, 15) is 27.6 Å². The van der Waals surface area contributed by atoms with Gasteiger partial charge in [-0.15, -0.1) is 0 Å². The first-order valence-electron chi connectivity index (χ1n) is 10.5. The van der Waals surface area contributed by atoms with E-state index in [0.29, 0.717) is 0 Å². The number of nitrogens with zero attached hydrogens (tertiary/aromatic N) is 1. The molecule has 0 bridgehead atoms. The highest BCUT2D eigenvalue weighted by atomic mass is 19.4. The van der Waals surface area contributed by atoms with E-state index in [0.717, 1.165) is 6.07 Å². The van der Waals surface area contributed by atoms with E-state index in [1.807, 2.05) is 0 Å². The number of aromatic nitrogens is 1. The summed E-state index contributed by atoms with van der Waals surface area (Å²) in [7, 11) is 1.19. The number of hydrogen-bond donors (Lipinski definition) is 2. The van der Waals surface area contributed by atoms with Gasteiger partial charge >= 0.3 is 18.2 Å². The van der Waals surface area contributed by atoms with Crippen LogP contribution < -0.4 is 15.4 Å². The van der Waals surface area contributed by atoms with Crippen LogP contribution in [0.2, 0.25) is 0 Å². The maximum Gasteiger partial charge on any atom is 0.433 e. The number of alkyl carbamates (subject to hydrolysis) is 1. The molecule has 0 saturated heterocycles. The first kappa shape index (κ1) is 28.1. The first-order valence-corrected chi connectivity index (χ1v) is 10.5. The SMILES string of the molecule is C=C(CC(=O)OC)NC(=O)c1cccc(Oc2cc(CNC(=O)OC(C)(C)C)cc(C(F)(F)F)n2)c1. The number of esters is 1. The van der Waals surface area contributed by atoms with Crippen LogP contribution in [0.3, 0.4) is 0 Å². The zero-order valence-corrected chi connectivity index (χ0v) is 20.1. The van der Waals surface area contributed by atoms with Crippen molar-refractivity contribution in [3.63, 3.8) is 0 Å². The van der Waals surface area contributed by atoms with E-state index in [-0.39, 0.29) is 35.5 Å². The summed E-state index contributed by atoms with van der Waals surface area (Å²) in [5.74, 6) is -1.59. The predicted molar refractivity (Wildman–Crippen MR) is 122 cm³/mol. The number of carbonyl (C=O) groups excluding carboxylic acids is 3. The summed E-state index contributed by atoms with van der Waals surface area (Å²) in [4.78, 5) is 39.1. The largest absolute Gasteiger partial charge is 0.469 e. The second kappa shape index (κ2) is 11.6. The Hall–Kier alpha value is -4.09. The molecule has 9 nitrogen and oxygen atoms in total. The van der Waals surface area contributed by atoms with Gasteiger partial charge in [-0.25, -0.2) is 9.78 Å². The van der Waals surface area contributed by atoms with Crippen LogP contribution in [0, 0.1) is 0 Å². The molecule has 0 spiro atoms. The number of benzene rings is 1. The standard InChI is InChI=1S/C24H26F3N3O6/c1-14(9-20(31)34-5)29-21(32)16-7-6-8-17(12-16)35-19-11-15(10-18(30-19)24(25,26)27)13-28-22(33)36-23(2,3)4/h6-8,10-12H,1,9,13H2,2-5H3,(H,28,33)(H,29,32). The number of amides is 2. The number of halogens is 3. The molecule has 0 aliphatic rings. The highest BCUT2D eigenvalue weighted by molar-refractivity contribution is 5.96. The second-order valence-corrected chi connectivity index (χ2v) is 8.49. The Bertz CT molecular complexity index is 1140. The van der Waals surface area contributed by atoms with Crippen LogP contribution >= 0.6 is 0 Å². The maximum absolute atomic E-state index is 13.4. The van der Waals surface area contributed by atoms with Gasteiger partial charge in [-0.05, 0) is 50.6 Å². The first-order chi connectivity index (χ1) is 16.7. The van der Waals surface area contributed by atoms with E-state index in [2.05, 4.69) is 26.9 Å². The van der Waals surface area contributed by atoms with Gasteiger partial charge in [0.2, 0.25) is 5.88 Å². The van der Waals surface area contributed by atoms with Crippen LogP contribution in [0.1, 0.15) is 48.8 Å². The fourth-order valence-electron chi connectivity index (χ4n) is 2.69. The van der Waals surface area contributed by atoms with Crippen molar-refractivity contribution in [2.75, 3.05) is 7.11 Å². The van der Waals surface area contributed by atoms with Gasteiger partial charge in [-0.2, -0.15) is 13.2 Å². The van der Waals surface area contributed by atoms with Crippen LogP contribution in [0.5, 0.6) is 11.6 Å². The van der Waals surface area contributed by atoms with Crippen molar-refractivity contribution in [3.05, 3.63) is 65.5 Å². The molecule has 1 aromatic heterocycles. The highest BCUT2D eigenvalue weighted by Gasteiger charge is 2.33. The molecule has 2 rings (SSSR count). The molecule has 0 aliphatic carbocycles. The molecule has 194 valence electrons. The van der Waals surface area contributed by atoms with Crippen LogP contribution in [0.4, 0.5) is 18.0 Å². The highest BCUT2D eigenvalue weighted by Crippen LogP contribution is 2.31. The summed E-state index contributed by atoms with van der Waals surface area (Å²) in [5.41, 5.74) is -1.76. The van der Waals surface area contributed by atoms with E-state index in [1.165, 1.54) is 37.4 Å². The van der Waals surface area contributed by atoms with Crippen molar-refractivity contribution < 1.29 is 41.8 Å². The third-order valence-electron chi connectivity index (χ3n) is 4.18. The van der Waals surface area contributed by atoms with Crippen molar-refractivity contribution in [3.8, 4) is 11.6 Å². The zero-order valence-electron chi connectivity index (χ0n) is 20.1. The average molecular weight is 509 g/mol. The Labute approximate surface area is 205 Å². The van der Waals surface area contributed by atoms with Gasteiger partial charge in [0.15, 0.2) is 0 Å². The van der Waals surface area contributed by atoms with Crippen LogP contribution in [0.25, 0.3) is 0 Å². The summed E-state index contributed by atoms with van der Waals surface area (Å²) < 4.78 is 55.2. The summed E-state index contributed by atoms with van der Waals surface area (Å²) in [6, 6.07) is 7.58. The lowest BCUT2D eigenvalue weighted by molar-refractivity contribution is -0.141. The number of methoxy groups -OCH3 is 1. The molecule has 0 fully saturated rings. The molecule has 1 aromatic carbocycles. The predicted octanol–water partition coefficient (Wildman–Crippen LogP) is 4.72. The topological polar surface area (TPSA) is 116 Å². The molecule has 0 atom stereocenters. The molecule has 2 amide bonds. The molecular weight excluding hydrogens is 483 g/mol. The summed E-state index contributed by atoms with van der Waals surface area (Å²) in [6.45, 7) is 8.24. The molecule has 1 heterocycles. The van der Waals surface area contributed by atoms with E-state index >= 15 is 0 Å². The number of nitrogens with one attached hydrogen (secondary N) is 2. The number of rotatable bonds is 8. The fraction of sp³-hybridized carbons (Fsp3) is 0.333. The van der Waals surface area contributed by atoms with E-state index in [1.54, 1.807) is 20.8 Å². The summed E-state index contributed by atoms with van der Waals surface area (Å²) in [6.07, 6.45) is -5.81. The van der Waals surface area contributed by atoms with Crippen molar-refractivity contribution >= 4 is 18.0 Å². The van der Waals surface area contributed by atoms with Gasteiger partial charge in [0.25, 0.3) is 5.91 Å². The van der Waals surface area contributed by atoms with Gasteiger partial charge in [-0.1, -0.05) is 12.6 Å². The molecule has 0 unspecified atom stereocenters. The number of pyridine rings is 1. The van der Waals surface area contributed by atoms with Crippen molar-refractivity contribution in [1.82, 2.24) is 15.6 Å². The second-order valence-electron chi connectivity index (χ2n) is 8.49. The van der Waals surface area contributed by atoms with Gasteiger partial charge < -0.3 is 24.8 Å². The maximum atomic E-state index is 13.4. The number of hydrogen-bond acceptors (Lipinski definition) is 7. The Kier molecular flexibility index (Phi) is 9.04. The van der Waals surface area contributed by atoms with E-state index in [4.69, 9.17) is 9.47 Å². The Balaban J connectivity index is 2.21. The van der Waals surface area contributed by atoms with Crippen LogP contribution in [-0.2, 0) is 27.0 Å². The fourth-order valence-corrected chi connectivity index (χ4v) is 2.69. The minimum absolute atomic E-state index is 0.0270. The lowest BCUT2D eigenvalue weighted by Gasteiger charge is -2.20. The monoisotopic (exact) mass is 509 g/mol. The summed E-state index contributed by atoms with van der Waals surface area (Å²) >= 11 is 0. The minimum Gasteiger partial charge on any atom is -0.469 e. The van der Waals surface area contributed by atoms with Gasteiger partial charge in [0.05, 0.1) is 13.5 Å². The van der Waals surface area contributed by atoms with Crippen molar-refractivity contribution in [2.45, 2.75) is 45.5 Å². The lowest BCUT2D eigenvalue weighted by atomic mass is 10.2. The third kappa shape index (κ3) is 9.28. The molecule has 36 heavy (non-hydrogen) atoms. The summed E-state index contributed by atoms with van der Waals surface area (Å²) in [5, 5.41) is 4.81. The smallest absolute Gasteiger partial charge is 0.433 e. The number of ether oxygens (including phenoxy) is 3. The van der Waals surface area contributed by atoms with Gasteiger partial charge in [0.1, 0.15) is 17.0 Å². The Morgan fingerprint density at radius 1 is 1.08 bits per heavy atom. The molecular formula is C24H26F3N3O6. The quantitative estimate of drug-likeness (QED) is 0.495.